The maximum Gasteiger partial charge on any atom is 0.407 e. The first-order valence-corrected chi connectivity index (χ1v) is 7.40. The highest BCUT2D eigenvalue weighted by atomic mass is 16.6. The molecular weight excluding hydrogens is 268 g/mol. The van der Waals surface area contributed by atoms with Crippen molar-refractivity contribution in [3.63, 3.8) is 0 Å². The smallest absolute Gasteiger partial charge is 0.407 e. The van der Waals surface area contributed by atoms with Crippen LogP contribution in [0.3, 0.4) is 0 Å². The average Bonchev–Trinajstić information content (AvgIpc) is 2.41. The second kappa shape index (κ2) is 7.86. The summed E-state index contributed by atoms with van der Waals surface area (Å²) in [5.41, 5.74) is 0.628. The van der Waals surface area contributed by atoms with E-state index in [1.165, 1.54) is 0 Å². The SMILES string of the molecule is CCc1cncc(OC[C@H](CC)NC(=O)OC(C)(C)C)c1. The third-order valence-corrected chi connectivity index (χ3v) is 2.84. The fraction of sp³-hybridized carbons (Fsp3) is 0.625. The number of hydrogen-bond donors (Lipinski definition) is 1. The molecule has 5 nitrogen and oxygen atoms in total. The van der Waals surface area contributed by atoms with E-state index in [9.17, 15) is 4.79 Å². The number of rotatable bonds is 6. The third-order valence-electron chi connectivity index (χ3n) is 2.84. The molecule has 1 N–H and O–H groups in total. The van der Waals surface area contributed by atoms with Crippen molar-refractivity contribution >= 4 is 6.09 Å². The van der Waals surface area contributed by atoms with Gasteiger partial charge in [-0.3, -0.25) is 4.98 Å². The van der Waals surface area contributed by atoms with Crippen LogP contribution in [0.1, 0.15) is 46.6 Å². The van der Waals surface area contributed by atoms with E-state index >= 15 is 0 Å². The van der Waals surface area contributed by atoms with Gasteiger partial charge in [-0.2, -0.15) is 0 Å². The molecule has 1 rings (SSSR count). The number of pyridine rings is 1. The van der Waals surface area contributed by atoms with Gasteiger partial charge in [0.25, 0.3) is 0 Å². The van der Waals surface area contributed by atoms with E-state index in [0.29, 0.717) is 6.61 Å². The Morgan fingerprint density at radius 1 is 1.33 bits per heavy atom. The van der Waals surface area contributed by atoms with Gasteiger partial charge in [-0.15, -0.1) is 0 Å². The lowest BCUT2D eigenvalue weighted by molar-refractivity contribution is 0.0486. The zero-order valence-electron chi connectivity index (χ0n) is 13.6. The third kappa shape index (κ3) is 6.97. The molecule has 0 radical (unpaired) electrons. The molecule has 0 aliphatic carbocycles. The number of amides is 1. The summed E-state index contributed by atoms with van der Waals surface area (Å²) in [7, 11) is 0. The fourth-order valence-electron chi connectivity index (χ4n) is 1.67. The van der Waals surface area contributed by atoms with Crippen LogP contribution in [0.4, 0.5) is 4.79 Å². The van der Waals surface area contributed by atoms with E-state index in [1.807, 2.05) is 40.0 Å². The van der Waals surface area contributed by atoms with Gasteiger partial charge in [-0.05, 0) is 45.2 Å². The summed E-state index contributed by atoms with van der Waals surface area (Å²) >= 11 is 0. The van der Waals surface area contributed by atoms with Crippen molar-refractivity contribution in [3.8, 4) is 5.75 Å². The van der Waals surface area contributed by atoms with Crippen molar-refractivity contribution in [1.82, 2.24) is 10.3 Å². The van der Waals surface area contributed by atoms with Crippen molar-refractivity contribution < 1.29 is 14.3 Å². The molecule has 1 atom stereocenters. The number of carbonyl (C=O) groups excluding carboxylic acids is 1. The highest BCUT2D eigenvalue weighted by molar-refractivity contribution is 5.68. The predicted octanol–water partition coefficient (Wildman–Crippen LogP) is 3.33. The van der Waals surface area contributed by atoms with Crippen molar-refractivity contribution in [2.24, 2.45) is 0 Å². The molecule has 21 heavy (non-hydrogen) atoms. The van der Waals surface area contributed by atoms with Gasteiger partial charge in [0.05, 0.1) is 12.2 Å². The number of hydrogen-bond acceptors (Lipinski definition) is 4. The summed E-state index contributed by atoms with van der Waals surface area (Å²) in [5, 5.41) is 2.82. The molecule has 0 bridgehead atoms. The van der Waals surface area contributed by atoms with E-state index in [2.05, 4.69) is 17.2 Å². The van der Waals surface area contributed by atoms with Crippen molar-refractivity contribution in [2.75, 3.05) is 6.61 Å². The minimum Gasteiger partial charge on any atom is -0.490 e. The molecule has 0 aliphatic rings. The topological polar surface area (TPSA) is 60.5 Å². The molecular formula is C16H26N2O3. The molecule has 1 heterocycles. The van der Waals surface area contributed by atoms with Crippen LogP contribution >= 0.6 is 0 Å². The normalized spacial score (nSPS) is 12.6. The first-order chi connectivity index (χ1) is 9.84. The van der Waals surface area contributed by atoms with E-state index in [1.54, 1.807) is 6.20 Å². The van der Waals surface area contributed by atoms with Crippen LogP contribution in [-0.2, 0) is 11.2 Å². The molecule has 5 heteroatoms. The first-order valence-electron chi connectivity index (χ1n) is 7.40. The Labute approximate surface area is 127 Å². The first kappa shape index (κ1) is 17.3. The lowest BCUT2D eigenvalue weighted by atomic mass is 10.2. The van der Waals surface area contributed by atoms with Gasteiger partial charge in [-0.25, -0.2) is 4.79 Å². The van der Waals surface area contributed by atoms with Crippen LogP contribution in [0.25, 0.3) is 0 Å². The number of carbonyl (C=O) groups is 1. The molecule has 0 fully saturated rings. The van der Waals surface area contributed by atoms with E-state index in [4.69, 9.17) is 9.47 Å². The second-order valence-electron chi connectivity index (χ2n) is 5.94. The van der Waals surface area contributed by atoms with Gasteiger partial charge < -0.3 is 14.8 Å². The summed E-state index contributed by atoms with van der Waals surface area (Å²) in [6.07, 6.45) is 4.76. The number of nitrogens with one attached hydrogen (secondary N) is 1. The van der Waals surface area contributed by atoms with Crippen molar-refractivity contribution in [1.29, 1.82) is 0 Å². The Kier molecular flexibility index (Phi) is 6.46. The van der Waals surface area contributed by atoms with Crippen molar-refractivity contribution in [3.05, 3.63) is 24.0 Å². The molecule has 0 aliphatic heterocycles. The Balaban J connectivity index is 2.48. The zero-order valence-corrected chi connectivity index (χ0v) is 13.6. The molecule has 0 saturated heterocycles. The van der Waals surface area contributed by atoms with Gasteiger partial charge in [0.1, 0.15) is 18.0 Å². The van der Waals surface area contributed by atoms with Crippen LogP contribution in [0, 0.1) is 0 Å². The van der Waals surface area contributed by atoms with Gasteiger partial charge in [0.2, 0.25) is 0 Å². The molecule has 0 unspecified atom stereocenters. The molecule has 1 aromatic rings. The number of aromatic nitrogens is 1. The van der Waals surface area contributed by atoms with E-state index in [-0.39, 0.29) is 6.04 Å². The van der Waals surface area contributed by atoms with Crippen LogP contribution in [0.15, 0.2) is 18.5 Å². The molecule has 1 amide bonds. The zero-order chi connectivity index (χ0) is 15.9. The molecule has 1 aromatic heterocycles. The number of alkyl carbamates (subject to hydrolysis) is 1. The lowest BCUT2D eigenvalue weighted by Crippen LogP contribution is -2.41. The minimum atomic E-state index is -0.497. The Morgan fingerprint density at radius 2 is 2.05 bits per heavy atom. The molecule has 0 spiro atoms. The van der Waals surface area contributed by atoms with E-state index < -0.39 is 11.7 Å². The number of aryl methyl sites for hydroxylation is 1. The van der Waals surface area contributed by atoms with Crippen LogP contribution in [0.2, 0.25) is 0 Å². The van der Waals surface area contributed by atoms with Crippen LogP contribution in [0.5, 0.6) is 5.75 Å². The largest absolute Gasteiger partial charge is 0.490 e. The maximum atomic E-state index is 11.7. The standard InChI is InChI=1S/C16H26N2O3/c1-6-12-8-14(10-17-9-12)20-11-13(7-2)18-15(19)21-16(3,4)5/h8-10,13H,6-7,11H2,1-5H3,(H,18,19)/t13-/m0/s1. The predicted molar refractivity (Wildman–Crippen MR) is 82.6 cm³/mol. The van der Waals surface area contributed by atoms with Gasteiger partial charge >= 0.3 is 6.09 Å². The van der Waals surface area contributed by atoms with Gasteiger partial charge in [-0.1, -0.05) is 13.8 Å². The van der Waals surface area contributed by atoms with Gasteiger partial charge in [0.15, 0.2) is 0 Å². The molecule has 0 aromatic carbocycles. The van der Waals surface area contributed by atoms with Crippen LogP contribution in [-0.4, -0.2) is 29.3 Å². The van der Waals surface area contributed by atoms with Crippen molar-refractivity contribution in [2.45, 2.75) is 59.1 Å². The number of ether oxygens (including phenoxy) is 2. The van der Waals surface area contributed by atoms with E-state index in [0.717, 1.165) is 24.2 Å². The molecule has 0 saturated carbocycles. The summed E-state index contributed by atoms with van der Waals surface area (Å²) in [4.78, 5) is 15.9. The maximum absolute atomic E-state index is 11.7. The quantitative estimate of drug-likeness (QED) is 0.874. The summed E-state index contributed by atoms with van der Waals surface area (Å²) in [6.45, 7) is 9.97. The fourth-order valence-corrected chi connectivity index (χ4v) is 1.67. The highest BCUT2D eigenvalue weighted by Crippen LogP contribution is 2.12. The Bertz CT molecular complexity index is 455. The summed E-state index contributed by atoms with van der Waals surface area (Å²) < 4.78 is 10.9. The Morgan fingerprint density at radius 3 is 2.62 bits per heavy atom. The molecule has 118 valence electrons. The average molecular weight is 294 g/mol. The highest BCUT2D eigenvalue weighted by Gasteiger charge is 2.19. The summed E-state index contributed by atoms with van der Waals surface area (Å²) in [6, 6.07) is 1.87. The number of nitrogens with zero attached hydrogens (tertiary/aromatic N) is 1. The Hall–Kier alpha value is -1.78. The van der Waals surface area contributed by atoms with Gasteiger partial charge in [0, 0.05) is 6.20 Å². The second-order valence-corrected chi connectivity index (χ2v) is 5.94. The monoisotopic (exact) mass is 294 g/mol. The lowest BCUT2D eigenvalue weighted by Gasteiger charge is -2.23. The summed E-state index contributed by atoms with van der Waals surface area (Å²) in [5.74, 6) is 0.721. The minimum absolute atomic E-state index is 0.0925. The van der Waals surface area contributed by atoms with Crippen LogP contribution < -0.4 is 10.1 Å².